The number of carbonyl (C=O) groups excluding carboxylic acids is 2. The summed E-state index contributed by atoms with van der Waals surface area (Å²) in [4.78, 5) is 36.0. The number of para-hydroxylation sites is 2. The fraction of sp³-hybridized carbons (Fsp3) is 0.106. The number of hydrazone groups is 1. The topological polar surface area (TPSA) is 65.0 Å². The summed E-state index contributed by atoms with van der Waals surface area (Å²) in [5.74, 6) is -2.61. The van der Waals surface area contributed by atoms with Crippen LogP contribution in [-0.2, 0) is 9.59 Å². The minimum atomic E-state index is -1.75. The quantitative estimate of drug-likeness (QED) is 0.138. The average Bonchev–Trinajstić information content (AvgIpc) is 3.67. The number of amides is 2. The molecular weight excluding hydrogens is 685 g/mol. The third-order valence-corrected chi connectivity index (χ3v) is 11.4. The molecule has 1 N–H and O–H groups in total. The molecule has 6 aromatic rings. The lowest BCUT2D eigenvalue weighted by Crippen LogP contribution is -2.71. The molecule has 1 saturated heterocycles. The standard InChI is InChI=1S/C47H36N4O2S/c52-44-47(45(53)51(37-29-17-6-18-30-37)46(54)50(44)36-27-15-5-16-28-36)40(33-21-9-2-10-22-33)38(31-32-19-7-1-8-20-32)43-39(41(47)34-23-11-3-12-24-34)42(48-49-43)35-25-13-4-14-26-35/h1-31,39-42,48H/b38-31-. The Kier molecular flexibility index (Phi) is 8.56. The minimum Gasteiger partial charge on any atom is -0.302 e. The van der Waals surface area contributed by atoms with Crippen LogP contribution in [0, 0.1) is 11.3 Å². The van der Waals surface area contributed by atoms with Crippen LogP contribution in [0.1, 0.15) is 40.1 Å². The smallest absolute Gasteiger partial charge is 0.250 e. The molecule has 262 valence electrons. The Morgan fingerprint density at radius 3 is 1.48 bits per heavy atom. The highest BCUT2D eigenvalue weighted by Crippen LogP contribution is 2.64. The summed E-state index contributed by atoms with van der Waals surface area (Å²) in [7, 11) is 0. The lowest BCUT2D eigenvalue weighted by atomic mass is 9.48. The van der Waals surface area contributed by atoms with Gasteiger partial charge in [-0.3, -0.25) is 19.4 Å². The van der Waals surface area contributed by atoms with Gasteiger partial charge in [-0.1, -0.05) is 158 Å². The second-order valence-electron chi connectivity index (χ2n) is 13.9. The van der Waals surface area contributed by atoms with Crippen molar-refractivity contribution >= 4 is 52.3 Å². The molecule has 2 heterocycles. The van der Waals surface area contributed by atoms with E-state index in [1.807, 2.05) is 170 Å². The number of hydrogen-bond acceptors (Lipinski definition) is 5. The van der Waals surface area contributed by atoms with Gasteiger partial charge in [0.05, 0.1) is 23.1 Å². The number of fused-ring (bicyclic) bond motifs is 1. The number of nitrogens with zero attached hydrogens (tertiary/aromatic N) is 3. The molecule has 0 aromatic heterocycles. The number of benzene rings is 6. The Hall–Kier alpha value is -6.44. The zero-order chi connectivity index (χ0) is 36.6. The fourth-order valence-corrected chi connectivity index (χ4v) is 9.20. The number of allylic oxidation sites excluding steroid dienone is 1. The molecule has 1 aliphatic carbocycles. The van der Waals surface area contributed by atoms with Gasteiger partial charge in [0.25, 0.3) is 11.8 Å². The van der Waals surface area contributed by atoms with E-state index in [9.17, 15) is 0 Å². The Morgan fingerprint density at radius 2 is 0.981 bits per heavy atom. The van der Waals surface area contributed by atoms with Gasteiger partial charge in [-0.05, 0) is 70.4 Å². The van der Waals surface area contributed by atoms with Gasteiger partial charge in [0.1, 0.15) is 5.41 Å². The molecule has 1 spiro atoms. The highest BCUT2D eigenvalue weighted by Gasteiger charge is 2.71. The summed E-state index contributed by atoms with van der Waals surface area (Å²) in [5.41, 5.74) is 8.26. The predicted molar refractivity (Wildman–Crippen MR) is 219 cm³/mol. The van der Waals surface area contributed by atoms with Gasteiger partial charge in [-0.25, -0.2) is 0 Å². The van der Waals surface area contributed by atoms with Crippen LogP contribution in [0.5, 0.6) is 0 Å². The van der Waals surface area contributed by atoms with E-state index in [0.29, 0.717) is 11.4 Å². The second kappa shape index (κ2) is 13.8. The van der Waals surface area contributed by atoms with E-state index in [-0.39, 0.29) is 23.0 Å². The third kappa shape index (κ3) is 5.31. The van der Waals surface area contributed by atoms with Crippen molar-refractivity contribution < 1.29 is 9.59 Å². The van der Waals surface area contributed by atoms with E-state index < -0.39 is 23.2 Å². The maximum Gasteiger partial charge on any atom is 0.250 e. The van der Waals surface area contributed by atoms with Gasteiger partial charge in [0.15, 0.2) is 5.11 Å². The first-order valence-electron chi connectivity index (χ1n) is 18.2. The SMILES string of the molecule is O=C1N(c2ccccc2)C(=S)N(c2ccccc2)C(=O)C12C(c1ccccc1)/C(=C/c1ccccc1)C1=NNC(c3ccccc3)C1C2c1ccccc1. The van der Waals surface area contributed by atoms with Crippen molar-refractivity contribution in [3.8, 4) is 0 Å². The van der Waals surface area contributed by atoms with Crippen LogP contribution in [-0.4, -0.2) is 22.6 Å². The lowest BCUT2D eigenvalue weighted by molar-refractivity contribution is -0.144. The molecule has 2 aliphatic heterocycles. The Labute approximate surface area is 320 Å². The molecule has 54 heavy (non-hydrogen) atoms. The first-order chi connectivity index (χ1) is 26.6. The van der Waals surface area contributed by atoms with Crippen molar-refractivity contribution in [3.05, 3.63) is 210 Å². The molecule has 2 fully saturated rings. The average molecular weight is 721 g/mol. The molecule has 0 bridgehead atoms. The van der Waals surface area contributed by atoms with E-state index in [0.717, 1.165) is 33.5 Å². The summed E-state index contributed by atoms with van der Waals surface area (Å²) in [6, 6.07) is 58.8. The normalized spacial score (nSPS) is 22.6. The van der Waals surface area contributed by atoms with Crippen LogP contribution in [0.25, 0.3) is 6.08 Å². The molecule has 6 aromatic carbocycles. The number of hydrogen-bond donors (Lipinski definition) is 1. The van der Waals surface area contributed by atoms with Gasteiger partial charge in [0, 0.05) is 17.8 Å². The van der Waals surface area contributed by atoms with Crippen molar-refractivity contribution in [2.24, 2.45) is 16.4 Å². The molecule has 6 nitrogen and oxygen atoms in total. The van der Waals surface area contributed by atoms with Crippen molar-refractivity contribution in [2.45, 2.75) is 17.9 Å². The first kappa shape index (κ1) is 33.4. The second-order valence-corrected chi connectivity index (χ2v) is 14.3. The van der Waals surface area contributed by atoms with E-state index >= 15 is 9.59 Å². The summed E-state index contributed by atoms with van der Waals surface area (Å²) in [5, 5.41) is 5.28. The lowest BCUT2D eigenvalue weighted by Gasteiger charge is -2.57. The number of nitrogens with one attached hydrogen (secondary N) is 1. The highest BCUT2D eigenvalue weighted by atomic mass is 32.1. The maximum absolute atomic E-state index is 16.4. The van der Waals surface area contributed by atoms with Crippen molar-refractivity contribution in [1.29, 1.82) is 0 Å². The summed E-state index contributed by atoms with van der Waals surface area (Å²) < 4.78 is 0. The van der Waals surface area contributed by atoms with Gasteiger partial charge >= 0.3 is 0 Å². The largest absolute Gasteiger partial charge is 0.302 e. The zero-order valence-electron chi connectivity index (χ0n) is 29.3. The summed E-state index contributed by atoms with van der Waals surface area (Å²) >= 11 is 6.22. The van der Waals surface area contributed by atoms with E-state index in [2.05, 4.69) is 23.6 Å². The molecule has 0 radical (unpaired) electrons. The minimum absolute atomic E-state index is 0.115. The summed E-state index contributed by atoms with van der Waals surface area (Å²) in [6.07, 6.45) is 2.12. The van der Waals surface area contributed by atoms with Crippen LogP contribution in [0.15, 0.2) is 193 Å². The van der Waals surface area contributed by atoms with E-state index in [1.165, 1.54) is 0 Å². The number of anilines is 2. The Morgan fingerprint density at radius 1 is 0.556 bits per heavy atom. The fourth-order valence-electron chi connectivity index (χ4n) is 8.82. The van der Waals surface area contributed by atoms with Crippen LogP contribution in [0.2, 0.25) is 0 Å². The monoisotopic (exact) mass is 720 g/mol. The van der Waals surface area contributed by atoms with Crippen molar-refractivity contribution in [1.82, 2.24) is 5.43 Å². The number of thiocarbonyl (C=S) groups is 1. The van der Waals surface area contributed by atoms with Crippen molar-refractivity contribution in [2.75, 3.05) is 9.80 Å². The maximum atomic E-state index is 16.4. The number of rotatable bonds is 6. The van der Waals surface area contributed by atoms with Crippen LogP contribution in [0.3, 0.4) is 0 Å². The molecule has 4 unspecified atom stereocenters. The van der Waals surface area contributed by atoms with Crippen LogP contribution < -0.4 is 15.2 Å². The van der Waals surface area contributed by atoms with Gasteiger partial charge in [0.2, 0.25) is 0 Å². The zero-order valence-corrected chi connectivity index (χ0v) is 30.1. The van der Waals surface area contributed by atoms with Crippen LogP contribution in [0.4, 0.5) is 11.4 Å². The summed E-state index contributed by atoms with van der Waals surface area (Å²) in [6.45, 7) is 0. The molecular formula is C47H36N4O2S. The van der Waals surface area contributed by atoms with Crippen molar-refractivity contribution in [3.63, 3.8) is 0 Å². The molecule has 2 amide bonds. The third-order valence-electron chi connectivity index (χ3n) is 11.0. The number of carbonyl (C=O) groups is 2. The van der Waals surface area contributed by atoms with E-state index in [1.54, 1.807) is 9.80 Å². The molecule has 7 heteroatoms. The predicted octanol–water partition coefficient (Wildman–Crippen LogP) is 9.32. The molecule has 4 atom stereocenters. The first-order valence-corrected chi connectivity index (χ1v) is 18.6. The Bertz CT molecular complexity index is 2330. The van der Waals surface area contributed by atoms with Gasteiger partial charge in [-0.2, -0.15) is 5.10 Å². The van der Waals surface area contributed by atoms with Gasteiger partial charge < -0.3 is 5.43 Å². The molecule has 3 aliphatic rings. The Balaban J connectivity index is 1.43. The highest BCUT2D eigenvalue weighted by molar-refractivity contribution is 7.81. The van der Waals surface area contributed by atoms with E-state index in [4.69, 9.17) is 17.3 Å². The molecule has 1 saturated carbocycles. The van der Waals surface area contributed by atoms with Gasteiger partial charge in [-0.15, -0.1) is 0 Å². The van der Waals surface area contributed by atoms with Crippen LogP contribution >= 0.6 is 12.2 Å². The molecule has 9 rings (SSSR count).